The second-order valence-corrected chi connectivity index (χ2v) is 8.07. The molecule has 1 amide bonds. The molecule has 6 nitrogen and oxygen atoms in total. The monoisotopic (exact) mass is 424 g/mol. The van der Waals surface area contributed by atoms with Gasteiger partial charge in [-0.05, 0) is 42.5 Å². The van der Waals surface area contributed by atoms with Crippen LogP contribution in [0.25, 0.3) is 0 Å². The summed E-state index contributed by atoms with van der Waals surface area (Å²) in [5.74, 6) is 0.129. The van der Waals surface area contributed by atoms with Gasteiger partial charge in [-0.15, -0.1) is 0 Å². The number of anilines is 1. The second kappa shape index (κ2) is 8.04. The highest BCUT2D eigenvalue weighted by Crippen LogP contribution is 2.25. The summed E-state index contributed by atoms with van der Waals surface area (Å²) in [4.78, 5) is 12.4. The van der Waals surface area contributed by atoms with Crippen LogP contribution in [-0.2, 0) is 16.6 Å². The van der Waals surface area contributed by atoms with Gasteiger partial charge >= 0.3 is 0 Å². The van der Waals surface area contributed by atoms with Gasteiger partial charge in [-0.2, -0.15) is 0 Å². The zero-order valence-corrected chi connectivity index (χ0v) is 16.1. The first-order chi connectivity index (χ1) is 12.8. The minimum atomic E-state index is -3.99. The number of hydrogen-bond acceptors (Lipinski definition) is 4. The molecule has 0 aliphatic rings. The molecule has 0 unspecified atom stereocenters. The van der Waals surface area contributed by atoms with Crippen LogP contribution in [0.1, 0.15) is 16.1 Å². The lowest BCUT2D eigenvalue weighted by Gasteiger charge is -2.13. The molecule has 2 N–H and O–H groups in total. The van der Waals surface area contributed by atoms with E-state index in [1.807, 2.05) is 0 Å². The summed E-state index contributed by atoms with van der Waals surface area (Å²) in [7, 11) is -3.99. The highest BCUT2D eigenvalue weighted by Gasteiger charge is 2.19. The van der Waals surface area contributed by atoms with Crippen molar-refractivity contribution in [2.24, 2.45) is 0 Å². The third-order valence-corrected chi connectivity index (χ3v) is 5.35. The Morgan fingerprint density at radius 1 is 1.00 bits per heavy atom. The standard InChI is InChI=1S/C18H14Cl2N2O4S/c19-12-8-13(20)10-15(9-12)27(24,25)22-17-6-2-1-5-16(17)18(23)21-11-14-4-3-7-26-14/h1-10,22H,11H2,(H,21,23). The highest BCUT2D eigenvalue weighted by molar-refractivity contribution is 7.92. The number of carbonyl (C=O) groups excluding carboxylic acids is 1. The zero-order valence-electron chi connectivity index (χ0n) is 13.8. The smallest absolute Gasteiger partial charge is 0.262 e. The van der Waals surface area contributed by atoms with Crippen molar-refractivity contribution in [2.45, 2.75) is 11.4 Å². The third-order valence-electron chi connectivity index (χ3n) is 3.57. The van der Waals surface area contributed by atoms with Crippen molar-refractivity contribution in [1.82, 2.24) is 5.32 Å². The van der Waals surface area contributed by atoms with Crippen LogP contribution in [0.15, 0.2) is 70.2 Å². The number of rotatable bonds is 6. The van der Waals surface area contributed by atoms with Crippen LogP contribution in [-0.4, -0.2) is 14.3 Å². The van der Waals surface area contributed by atoms with Crippen molar-refractivity contribution in [1.29, 1.82) is 0 Å². The lowest BCUT2D eigenvalue weighted by atomic mass is 10.1. The van der Waals surface area contributed by atoms with Gasteiger partial charge in [0.2, 0.25) is 0 Å². The number of amides is 1. The second-order valence-electron chi connectivity index (χ2n) is 5.52. The molecule has 0 spiro atoms. The summed E-state index contributed by atoms with van der Waals surface area (Å²) in [5, 5.41) is 3.05. The van der Waals surface area contributed by atoms with E-state index in [9.17, 15) is 13.2 Å². The van der Waals surface area contributed by atoms with Crippen LogP contribution in [0.5, 0.6) is 0 Å². The van der Waals surface area contributed by atoms with Crippen molar-refractivity contribution in [2.75, 3.05) is 4.72 Å². The molecule has 0 fully saturated rings. The number of nitrogens with one attached hydrogen (secondary N) is 2. The molecule has 2 aromatic carbocycles. The average Bonchev–Trinajstić information content (AvgIpc) is 3.12. The fraction of sp³-hybridized carbons (Fsp3) is 0.0556. The fourth-order valence-corrected chi connectivity index (χ4v) is 4.14. The van der Waals surface area contributed by atoms with Gasteiger partial charge in [-0.3, -0.25) is 9.52 Å². The predicted octanol–water partition coefficient (Wildman–Crippen LogP) is 4.32. The molecule has 9 heteroatoms. The van der Waals surface area contributed by atoms with E-state index < -0.39 is 15.9 Å². The Morgan fingerprint density at radius 3 is 2.37 bits per heavy atom. The van der Waals surface area contributed by atoms with Gasteiger partial charge in [-0.1, -0.05) is 35.3 Å². The van der Waals surface area contributed by atoms with Crippen LogP contribution in [0.2, 0.25) is 10.0 Å². The normalized spacial score (nSPS) is 11.2. The maximum Gasteiger partial charge on any atom is 0.262 e. The van der Waals surface area contributed by atoms with Crippen molar-refractivity contribution in [3.8, 4) is 0 Å². The first-order valence-corrected chi connectivity index (χ1v) is 9.97. The van der Waals surface area contributed by atoms with Crippen LogP contribution >= 0.6 is 23.2 Å². The van der Waals surface area contributed by atoms with Crippen LogP contribution in [0.3, 0.4) is 0 Å². The first kappa shape index (κ1) is 19.3. The van der Waals surface area contributed by atoms with Crippen molar-refractivity contribution in [3.63, 3.8) is 0 Å². The molecule has 140 valence electrons. The van der Waals surface area contributed by atoms with Gasteiger partial charge in [0.05, 0.1) is 29.0 Å². The number of benzene rings is 2. The highest BCUT2D eigenvalue weighted by atomic mass is 35.5. The van der Waals surface area contributed by atoms with Gasteiger partial charge < -0.3 is 9.73 Å². The lowest BCUT2D eigenvalue weighted by molar-refractivity contribution is 0.0949. The molecule has 0 bridgehead atoms. The van der Waals surface area contributed by atoms with Crippen molar-refractivity contribution < 1.29 is 17.6 Å². The largest absolute Gasteiger partial charge is 0.467 e. The quantitative estimate of drug-likeness (QED) is 0.616. The van der Waals surface area contributed by atoms with E-state index in [-0.39, 0.29) is 32.7 Å². The molecular formula is C18H14Cl2N2O4S. The Bertz CT molecular complexity index is 1050. The van der Waals surface area contributed by atoms with Gasteiger partial charge in [0.25, 0.3) is 15.9 Å². The van der Waals surface area contributed by atoms with Gasteiger partial charge in [-0.25, -0.2) is 8.42 Å². The molecule has 0 atom stereocenters. The van der Waals surface area contributed by atoms with E-state index in [1.165, 1.54) is 36.6 Å². The van der Waals surface area contributed by atoms with E-state index in [4.69, 9.17) is 27.6 Å². The van der Waals surface area contributed by atoms with Crippen molar-refractivity contribution in [3.05, 3.63) is 82.2 Å². The molecule has 1 aromatic heterocycles. The van der Waals surface area contributed by atoms with E-state index >= 15 is 0 Å². The van der Waals surface area contributed by atoms with Crippen LogP contribution in [0.4, 0.5) is 5.69 Å². The maximum absolute atomic E-state index is 12.7. The summed E-state index contributed by atoms with van der Waals surface area (Å²) in [6, 6.07) is 13.7. The molecule has 0 radical (unpaired) electrons. The number of halogens is 2. The predicted molar refractivity (Wildman–Crippen MR) is 104 cm³/mol. The SMILES string of the molecule is O=C(NCc1ccco1)c1ccccc1NS(=O)(=O)c1cc(Cl)cc(Cl)c1. The number of furan rings is 1. The summed E-state index contributed by atoms with van der Waals surface area (Å²) in [6.45, 7) is 0.177. The zero-order chi connectivity index (χ0) is 19.4. The van der Waals surface area contributed by atoms with Crippen molar-refractivity contribution >= 4 is 44.8 Å². The Labute approximate surface area is 166 Å². The number of sulfonamides is 1. The van der Waals surface area contributed by atoms with Gasteiger partial charge in [0.1, 0.15) is 5.76 Å². The van der Waals surface area contributed by atoms with E-state index in [1.54, 1.807) is 24.3 Å². The minimum Gasteiger partial charge on any atom is -0.467 e. The molecule has 3 aromatic rings. The minimum absolute atomic E-state index is 0.106. The lowest BCUT2D eigenvalue weighted by Crippen LogP contribution is -2.24. The van der Waals surface area contributed by atoms with Crippen LogP contribution < -0.4 is 10.0 Å². The summed E-state index contributed by atoms with van der Waals surface area (Å²) in [5.41, 5.74) is 0.297. The Hall–Kier alpha value is -2.48. The Balaban J connectivity index is 1.83. The van der Waals surface area contributed by atoms with E-state index in [2.05, 4.69) is 10.0 Å². The Kier molecular flexibility index (Phi) is 5.74. The first-order valence-electron chi connectivity index (χ1n) is 7.74. The van der Waals surface area contributed by atoms with E-state index in [0.717, 1.165) is 0 Å². The third kappa shape index (κ3) is 4.82. The van der Waals surface area contributed by atoms with Gasteiger partial charge in [0.15, 0.2) is 0 Å². The molecule has 0 aliphatic carbocycles. The summed E-state index contributed by atoms with van der Waals surface area (Å²) < 4.78 is 32.9. The summed E-state index contributed by atoms with van der Waals surface area (Å²) >= 11 is 11.8. The topological polar surface area (TPSA) is 88.4 Å². The molecule has 0 saturated heterocycles. The molecule has 0 aliphatic heterocycles. The number of carbonyl (C=O) groups is 1. The Morgan fingerprint density at radius 2 is 1.70 bits per heavy atom. The maximum atomic E-state index is 12.7. The van der Waals surface area contributed by atoms with E-state index in [0.29, 0.717) is 5.76 Å². The summed E-state index contributed by atoms with van der Waals surface area (Å²) in [6.07, 6.45) is 1.50. The molecule has 1 heterocycles. The van der Waals surface area contributed by atoms with Crippen LogP contribution in [0, 0.1) is 0 Å². The molecule has 3 rings (SSSR count). The van der Waals surface area contributed by atoms with Gasteiger partial charge in [0, 0.05) is 10.0 Å². The molecular weight excluding hydrogens is 411 g/mol. The number of hydrogen-bond donors (Lipinski definition) is 2. The molecule has 0 saturated carbocycles. The molecule has 27 heavy (non-hydrogen) atoms. The average molecular weight is 425 g/mol. The number of para-hydroxylation sites is 1. The fourth-order valence-electron chi connectivity index (χ4n) is 2.33.